The molecule has 1 aliphatic rings. The number of hydrogen-bond acceptors (Lipinski definition) is 8. The molecule has 4 rings (SSSR count). The largest absolute Gasteiger partial charge is 0.507 e. The molecule has 41 heavy (non-hydrogen) atoms. The fourth-order valence-corrected chi connectivity index (χ4v) is 5.63. The molecule has 1 fully saturated rings. The van der Waals surface area contributed by atoms with Crippen molar-refractivity contribution in [2.75, 3.05) is 18.1 Å². The van der Waals surface area contributed by atoms with Crippen molar-refractivity contribution in [2.45, 2.75) is 53.0 Å². The van der Waals surface area contributed by atoms with Crippen molar-refractivity contribution in [2.24, 2.45) is 0 Å². The molecule has 1 aromatic heterocycles. The number of ether oxygens (including phenoxy) is 2. The van der Waals surface area contributed by atoms with Crippen LogP contribution in [-0.4, -0.2) is 41.0 Å². The number of Topliss-reactive ketones (excluding diaryl/α,β-unsaturated/α-hetero) is 1. The van der Waals surface area contributed by atoms with Crippen molar-refractivity contribution in [3.63, 3.8) is 0 Å². The SMILES string of the molecule is C=CCOC(=O)c1sc(N2C(=O)C(=O)C(=C(O)c3cc(C)ccc3C)C2c2ccc(OCCCCC)cc2)nc1C. The van der Waals surface area contributed by atoms with Gasteiger partial charge in [-0.2, -0.15) is 0 Å². The van der Waals surface area contributed by atoms with Crippen LogP contribution in [-0.2, 0) is 14.3 Å². The molecule has 0 spiro atoms. The lowest BCUT2D eigenvalue weighted by Gasteiger charge is -2.23. The highest BCUT2D eigenvalue weighted by atomic mass is 32.1. The quantitative estimate of drug-likeness (QED) is 0.0686. The van der Waals surface area contributed by atoms with E-state index in [-0.39, 0.29) is 27.9 Å². The standard InChI is InChI=1S/C32H34N2O6S/c1-6-8-9-17-39-23-14-12-22(13-15-23)26-25(27(35)24-18-19(3)10-11-20(24)4)28(36)30(37)34(26)32-33-21(5)29(41-32)31(38)40-16-7-2/h7,10-15,18,26,35H,2,6,8-9,16-17H2,1,3-5H3. The maximum Gasteiger partial charge on any atom is 0.350 e. The van der Waals surface area contributed by atoms with Crippen molar-refractivity contribution in [3.8, 4) is 5.75 Å². The van der Waals surface area contributed by atoms with Crippen LogP contribution in [0.1, 0.15) is 69.8 Å². The highest BCUT2D eigenvalue weighted by Crippen LogP contribution is 2.44. The van der Waals surface area contributed by atoms with Crippen LogP contribution >= 0.6 is 11.3 Å². The van der Waals surface area contributed by atoms with Crippen LogP contribution in [0.15, 0.2) is 60.7 Å². The zero-order chi connectivity index (χ0) is 29.7. The number of hydrogen-bond donors (Lipinski definition) is 1. The van der Waals surface area contributed by atoms with Gasteiger partial charge in [-0.1, -0.05) is 73.6 Å². The summed E-state index contributed by atoms with van der Waals surface area (Å²) < 4.78 is 11.0. The van der Waals surface area contributed by atoms with Crippen molar-refractivity contribution >= 4 is 39.9 Å². The Balaban J connectivity index is 1.82. The van der Waals surface area contributed by atoms with E-state index < -0.39 is 23.7 Å². The number of amides is 1. The van der Waals surface area contributed by atoms with E-state index in [4.69, 9.17) is 9.47 Å². The number of aliphatic hydroxyl groups is 1. The molecule has 214 valence electrons. The van der Waals surface area contributed by atoms with Crippen LogP contribution in [0.2, 0.25) is 0 Å². The maximum absolute atomic E-state index is 13.6. The van der Waals surface area contributed by atoms with Crippen LogP contribution in [0, 0.1) is 20.8 Å². The Kier molecular flexibility index (Phi) is 9.39. The zero-order valence-corrected chi connectivity index (χ0v) is 24.5. The molecule has 1 atom stereocenters. The lowest BCUT2D eigenvalue weighted by Crippen LogP contribution is -2.29. The Labute approximate surface area is 243 Å². The number of anilines is 1. The number of aromatic nitrogens is 1. The maximum atomic E-state index is 13.6. The predicted octanol–water partition coefficient (Wildman–Crippen LogP) is 6.61. The molecule has 0 saturated carbocycles. The van der Waals surface area contributed by atoms with Crippen LogP contribution in [0.4, 0.5) is 5.13 Å². The summed E-state index contributed by atoms with van der Waals surface area (Å²) in [5.74, 6) is -1.89. The summed E-state index contributed by atoms with van der Waals surface area (Å²) in [5, 5.41) is 11.7. The molecule has 1 saturated heterocycles. The minimum atomic E-state index is -0.980. The molecule has 8 nitrogen and oxygen atoms in total. The third-order valence-corrected chi connectivity index (χ3v) is 7.95. The van der Waals surface area contributed by atoms with Gasteiger partial charge in [-0.15, -0.1) is 0 Å². The van der Waals surface area contributed by atoms with Gasteiger partial charge in [0.05, 0.1) is 23.9 Å². The normalized spacial score (nSPS) is 16.2. The lowest BCUT2D eigenvalue weighted by molar-refractivity contribution is -0.132. The van der Waals surface area contributed by atoms with Crippen LogP contribution in [0.25, 0.3) is 5.76 Å². The summed E-state index contributed by atoms with van der Waals surface area (Å²) in [7, 11) is 0. The number of esters is 1. The van der Waals surface area contributed by atoms with Crippen molar-refractivity contribution in [1.82, 2.24) is 4.98 Å². The Morgan fingerprint density at radius 2 is 1.85 bits per heavy atom. The average Bonchev–Trinajstić information content (AvgIpc) is 3.47. The van der Waals surface area contributed by atoms with Gasteiger partial charge in [0.15, 0.2) is 5.13 Å². The smallest absolute Gasteiger partial charge is 0.350 e. The Hall–Kier alpha value is -4.24. The second-order valence-corrected chi connectivity index (χ2v) is 10.9. The number of benzene rings is 2. The van der Waals surface area contributed by atoms with Crippen molar-refractivity contribution in [3.05, 3.63) is 93.5 Å². The van der Waals surface area contributed by atoms with E-state index in [1.165, 1.54) is 11.0 Å². The number of aryl methyl sites for hydroxylation is 3. The minimum Gasteiger partial charge on any atom is -0.507 e. The van der Waals surface area contributed by atoms with Crippen LogP contribution in [0.5, 0.6) is 5.75 Å². The van der Waals surface area contributed by atoms with Gasteiger partial charge < -0.3 is 14.6 Å². The number of thiazole rings is 1. The lowest BCUT2D eigenvalue weighted by atomic mass is 9.93. The van der Waals surface area contributed by atoms with Gasteiger partial charge in [-0.3, -0.25) is 14.5 Å². The molecule has 1 amide bonds. The number of carbonyl (C=O) groups is 3. The van der Waals surface area contributed by atoms with Gasteiger partial charge in [0.2, 0.25) is 0 Å². The van der Waals surface area contributed by atoms with Crippen molar-refractivity contribution in [1.29, 1.82) is 0 Å². The van der Waals surface area contributed by atoms with E-state index in [2.05, 4.69) is 18.5 Å². The molecule has 1 N–H and O–H groups in total. The highest BCUT2D eigenvalue weighted by molar-refractivity contribution is 7.17. The topological polar surface area (TPSA) is 106 Å². The predicted molar refractivity (Wildman–Crippen MR) is 159 cm³/mol. The van der Waals surface area contributed by atoms with E-state index in [1.54, 1.807) is 37.3 Å². The number of aliphatic hydroxyl groups excluding tert-OH is 1. The molecule has 1 unspecified atom stereocenters. The van der Waals surface area contributed by atoms with Gasteiger partial charge in [0.1, 0.15) is 23.0 Å². The molecule has 9 heteroatoms. The first-order valence-electron chi connectivity index (χ1n) is 13.5. The van der Waals surface area contributed by atoms with Gasteiger partial charge in [-0.25, -0.2) is 9.78 Å². The molecular formula is C32H34N2O6S. The zero-order valence-electron chi connectivity index (χ0n) is 23.7. The minimum absolute atomic E-state index is 0.0265. The third kappa shape index (κ3) is 6.25. The summed E-state index contributed by atoms with van der Waals surface area (Å²) in [5.41, 5.74) is 3.01. The summed E-state index contributed by atoms with van der Waals surface area (Å²) in [6.07, 6.45) is 4.56. The number of ketones is 1. The first kappa shape index (κ1) is 29.7. The number of carbonyl (C=O) groups excluding carboxylic acids is 3. The fourth-order valence-electron chi connectivity index (χ4n) is 4.64. The first-order valence-corrected chi connectivity index (χ1v) is 14.4. The summed E-state index contributed by atoms with van der Waals surface area (Å²) in [4.78, 5) is 45.7. The van der Waals surface area contributed by atoms with E-state index in [0.29, 0.717) is 29.2 Å². The van der Waals surface area contributed by atoms with Gasteiger partial charge in [0, 0.05) is 5.56 Å². The molecule has 0 radical (unpaired) electrons. The van der Waals surface area contributed by atoms with Crippen LogP contribution < -0.4 is 9.64 Å². The summed E-state index contributed by atoms with van der Waals surface area (Å²) in [6.45, 7) is 11.6. The van der Waals surface area contributed by atoms with E-state index in [0.717, 1.165) is 41.7 Å². The molecule has 1 aliphatic heterocycles. The Morgan fingerprint density at radius 3 is 2.54 bits per heavy atom. The monoisotopic (exact) mass is 574 g/mol. The second-order valence-electron chi connectivity index (χ2n) is 9.91. The van der Waals surface area contributed by atoms with Crippen molar-refractivity contribution < 1.29 is 29.0 Å². The van der Waals surface area contributed by atoms with Crippen LogP contribution in [0.3, 0.4) is 0 Å². The van der Waals surface area contributed by atoms with E-state index in [9.17, 15) is 19.5 Å². The molecule has 2 aromatic carbocycles. The molecule has 0 aliphatic carbocycles. The second kappa shape index (κ2) is 13.0. The van der Waals surface area contributed by atoms with Gasteiger partial charge >= 0.3 is 11.9 Å². The fraction of sp³-hybridized carbons (Fsp3) is 0.312. The summed E-state index contributed by atoms with van der Waals surface area (Å²) in [6, 6.07) is 11.7. The van der Waals surface area contributed by atoms with E-state index in [1.807, 2.05) is 26.0 Å². The highest BCUT2D eigenvalue weighted by Gasteiger charge is 2.48. The average molecular weight is 575 g/mol. The number of nitrogens with zero attached hydrogens (tertiary/aromatic N) is 2. The Bertz CT molecular complexity index is 1500. The van der Waals surface area contributed by atoms with Gasteiger partial charge in [-0.05, 0) is 56.5 Å². The van der Waals surface area contributed by atoms with Gasteiger partial charge in [0.25, 0.3) is 5.78 Å². The first-order chi connectivity index (χ1) is 19.7. The molecule has 2 heterocycles. The molecular weight excluding hydrogens is 540 g/mol. The number of rotatable bonds is 11. The molecule has 0 bridgehead atoms. The third-order valence-electron chi connectivity index (χ3n) is 6.81. The Morgan fingerprint density at radius 1 is 1.12 bits per heavy atom. The summed E-state index contributed by atoms with van der Waals surface area (Å²) >= 11 is 0.958. The number of unbranched alkanes of at least 4 members (excludes halogenated alkanes) is 2. The van der Waals surface area contributed by atoms with E-state index >= 15 is 0 Å². The molecule has 3 aromatic rings.